The number of carbonyl (C=O) groups excluding carboxylic acids is 1. The fraction of sp³-hybridized carbons (Fsp3) is 0.688. The topological polar surface area (TPSA) is 55.2 Å². The Labute approximate surface area is 126 Å². The average molecular weight is 291 g/mol. The molecule has 0 atom stereocenters. The average Bonchev–Trinajstić information content (AvgIpc) is 2.77. The SMILES string of the molecule is CCCn1nc(C(=O)N(C)C2CCCCCC2)ccc1=O. The Morgan fingerprint density at radius 2 is 1.95 bits per heavy atom. The van der Waals surface area contributed by atoms with E-state index < -0.39 is 0 Å². The maximum Gasteiger partial charge on any atom is 0.274 e. The maximum atomic E-state index is 12.6. The molecule has 5 nitrogen and oxygen atoms in total. The summed E-state index contributed by atoms with van der Waals surface area (Å²) in [5.41, 5.74) is 0.223. The third-order valence-electron chi connectivity index (χ3n) is 4.21. The van der Waals surface area contributed by atoms with Gasteiger partial charge in [0.15, 0.2) is 0 Å². The van der Waals surface area contributed by atoms with Crippen LogP contribution in [0.3, 0.4) is 0 Å². The number of hydrogen-bond donors (Lipinski definition) is 0. The van der Waals surface area contributed by atoms with Crippen LogP contribution in [0.5, 0.6) is 0 Å². The van der Waals surface area contributed by atoms with Crippen LogP contribution in [0.1, 0.15) is 62.4 Å². The van der Waals surface area contributed by atoms with Crippen molar-refractivity contribution in [1.82, 2.24) is 14.7 Å². The summed E-state index contributed by atoms with van der Waals surface area (Å²) >= 11 is 0. The molecule has 21 heavy (non-hydrogen) atoms. The Bertz CT molecular complexity index is 531. The molecule has 116 valence electrons. The van der Waals surface area contributed by atoms with Crippen molar-refractivity contribution in [2.75, 3.05) is 7.05 Å². The van der Waals surface area contributed by atoms with Gasteiger partial charge in [-0.2, -0.15) is 5.10 Å². The van der Waals surface area contributed by atoms with Crippen LogP contribution in [0.4, 0.5) is 0 Å². The predicted molar refractivity (Wildman–Crippen MR) is 82.4 cm³/mol. The van der Waals surface area contributed by atoms with Gasteiger partial charge in [0.05, 0.1) is 0 Å². The number of nitrogens with zero attached hydrogens (tertiary/aromatic N) is 3. The molecule has 0 spiro atoms. The highest BCUT2D eigenvalue weighted by molar-refractivity contribution is 5.92. The molecule has 0 aliphatic heterocycles. The molecule has 1 heterocycles. The maximum absolute atomic E-state index is 12.6. The summed E-state index contributed by atoms with van der Waals surface area (Å²) < 4.78 is 1.38. The van der Waals surface area contributed by atoms with Crippen molar-refractivity contribution >= 4 is 5.91 Å². The molecule has 1 aliphatic rings. The van der Waals surface area contributed by atoms with Crippen LogP contribution in [0.2, 0.25) is 0 Å². The number of aromatic nitrogens is 2. The van der Waals surface area contributed by atoms with Crippen LogP contribution in [0.15, 0.2) is 16.9 Å². The first-order valence-corrected chi connectivity index (χ1v) is 7.98. The Morgan fingerprint density at radius 1 is 1.29 bits per heavy atom. The van der Waals surface area contributed by atoms with E-state index in [1.807, 2.05) is 18.9 Å². The summed E-state index contributed by atoms with van der Waals surface area (Å²) in [4.78, 5) is 26.1. The molecule has 0 radical (unpaired) electrons. The normalized spacial score (nSPS) is 16.5. The van der Waals surface area contributed by atoms with Gasteiger partial charge in [-0.1, -0.05) is 32.6 Å². The predicted octanol–water partition coefficient (Wildman–Crippen LogP) is 2.45. The minimum Gasteiger partial charge on any atom is -0.337 e. The minimum absolute atomic E-state index is 0.0771. The van der Waals surface area contributed by atoms with Gasteiger partial charge < -0.3 is 4.90 Å². The van der Waals surface area contributed by atoms with E-state index in [1.165, 1.54) is 36.4 Å². The number of carbonyl (C=O) groups is 1. The van der Waals surface area contributed by atoms with Crippen LogP contribution in [-0.4, -0.2) is 33.7 Å². The Balaban J connectivity index is 2.14. The lowest BCUT2D eigenvalue weighted by atomic mass is 10.1. The largest absolute Gasteiger partial charge is 0.337 e. The third-order valence-corrected chi connectivity index (χ3v) is 4.21. The van der Waals surface area contributed by atoms with Crippen LogP contribution < -0.4 is 5.56 Å². The fourth-order valence-corrected chi connectivity index (χ4v) is 2.93. The van der Waals surface area contributed by atoms with E-state index >= 15 is 0 Å². The smallest absolute Gasteiger partial charge is 0.274 e. The van der Waals surface area contributed by atoms with Crippen LogP contribution in [0.25, 0.3) is 0 Å². The van der Waals surface area contributed by atoms with Crippen molar-refractivity contribution in [2.24, 2.45) is 0 Å². The van der Waals surface area contributed by atoms with E-state index in [9.17, 15) is 9.59 Å². The Hall–Kier alpha value is -1.65. The van der Waals surface area contributed by atoms with E-state index in [0.29, 0.717) is 18.3 Å². The minimum atomic E-state index is -0.148. The summed E-state index contributed by atoms with van der Waals surface area (Å²) in [7, 11) is 1.86. The molecule has 1 amide bonds. The summed E-state index contributed by atoms with van der Waals surface area (Å²) in [5.74, 6) is -0.0771. The van der Waals surface area contributed by atoms with Crippen molar-refractivity contribution < 1.29 is 4.79 Å². The molecule has 1 aromatic rings. The number of aryl methyl sites for hydroxylation is 1. The molecular weight excluding hydrogens is 266 g/mol. The van der Waals surface area contributed by atoms with Crippen LogP contribution in [0, 0.1) is 0 Å². The lowest BCUT2D eigenvalue weighted by molar-refractivity contribution is 0.0708. The summed E-state index contributed by atoms with van der Waals surface area (Å²) in [5, 5.41) is 4.21. The first kappa shape index (κ1) is 15.7. The third kappa shape index (κ3) is 3.93. The van der Waals surface area contributed by atoms with E-state index in [4.69, 9.17) is 0 Å². The van der Waals surface area contributed by atoms with Gasteiger partial charge >= 0.3 is 0 Å². The molecule has 1 fully saturated rings. The van der Waals surface area contributed by atoms with Gasteiger partial charge in [-0.25, -0.2) is 4.68 Å². The highest BCUT2D eigenvalue weighted by Gasteiger charge is 2.23. The van der Waals surface area contributed by atoms with Gasteiger partial charge in [-0.3, -0.25) is 9.59 Å². The van der Waals surface area contributed by atoms with Crippen molar-refractivity contribution in [3.8, 4) is 0 Å². The molecule has 5 heteroatoms. The van der Waals surface area contributed by atoms with Crippen molar-refractivity contribution in [3.05, 3.63) is 28.2 Å². The quantitative estimate of drug-likeness (QED) is 0.801. The summed E-state index contributed by atoms with van der Waals surface area (Å²) in [6.07, 6.45) is 7.85. The van der Waals surface area contributed by atoms with Gasteiger partial charge in [0.2, 0.25) is 0 Å². The number of hydrogen-bond acceptors (Lipinski definition) is 3. The highest BCUT2D eigenvalue weighted by Crippen LogP contribution is 2.21. The Kier molecular flexibility index (Phi) is 5.53. The van der Waals surface area contributed by atoms with E-state index in [1.54, 1.807) is 6.07 Å². The first-order chi connectivity index (χ1) is 10.1. The zero-order valence-electron chi connectivity index (χ0n) is 13.0. The van der Waals surface area contributed by atoms with Gasteiger partial charge in [-0.15, -0.1) is 0 Å². The molecule has 0 bridgehead atoms. The van der Waals surface area contributed by atoms with Gasteiger partial charge in [-0.05, 0) is 25.3 Å². The number of amides is 1. The molecular formula is C16H25N3O2. The zero-order valence-corrected chi connectivity index (χ0v) is 13.0. The summed E-state index contributed by atoms with van der Waals surface area (Å²) in [6, 6.07) is 3.29. The van der Waals surface area contributed by atoms with Crippen LogP contribution >= 0.6 is 0 Å². The summed E-state index contributed by atoms with van der Waals surface area (Å²) in [6.45, 7) is 2.54. The molecule has 1 aliphatic carbocycles. The lowest BCUT2D eigenvalue weighted by Gasteiger charge is -2.27. The lowest BCUT2D eigenvalue weighted by Crippen LogP contribution is -2.38. The molecule has 1 aromatic heterocycles. The molecule has 0 N–H and O–H groups in total. The second kappa shape index (κ2) is 7.38. The second-order valence-electron chi connectivity index (χ2n) is 5.84. The molecule has 0 aromatic carbocycles. The second-order valence-corrected chi connectivity index (χ2v) is 5.84. The molecule has 0 unspecified atom stereocenters. The monoisotopic (exact) mass is 291 g/mol. The Morgan fingerprint density at radius 3 is 2.57 bits per heavy atom. The van der Waals surface area contributed by atoms with Crippen LogP contribution in [-0.2, 0) is 6.54 Å². The van der Waals surface area contributed by atoms with E-state index in [0.717, 1.165) is 19.3 Å². The highest BCUT2D eigenvalue weighted by atomic mass is 16.2. The van der Waals surface area contributed by atoms with Gasteiger partial charge in [0.1, 0.15) is 5.69 Å². The fourth-order valence-electron chi connectivity index (χ4n) is 2.93. The van der Waals surface area contributed by atoms with E-state index in [-0.39, 0.29) is 11.5 Å². The molecule has 1 saturated carbocycles. The van der Waals surface area contributed by atoms with Crippen molar-refractivity contribution in [1.29, 1.82) is 0 Å². The van der Waals surface area contributed by atoms with Crippen molar-refractivity contribution in [3.63, 3.8) is 0 Å². The van der Waals surface area contributed by atoms with Crippen molar-refractivity contribution in [2.45, 2.75) is 64.5 Å². The molecule has 2 rings (SSSR count). The zero-order chi connectivity index (χ0) is 15.2. The standard InChI is InChI=1S/C16H25N3O2/c1-3-12-19-15(20)11-10-14(17-19)16(21)18(2)13-8-6-4-5-7-9-13/h10-11,13H,3-9,12H2,1-2H3. The number of rotatable bonds is 4. The molecule has 0 saturated heterocycles. The van der Waals surface area contributed by atoms with Gasteiger partial charge in [0.25, 0.3) is 11.5 Å². The van der Waals surface area contributed by atoms with Gasteiger partial charge in [0, 0.05) is 25.7 Å². The van der Waals surface area contributed by atoms with E-state index in [2.05, 4.69) is 5.10 Å². The first-order valence-electron chi connectivity index (χ1n) is 7.98.